The summed E-state index contributed by atoms with van der Waals surface area (Å²) in [5.74, 6) is 0.666. The average Bonchev–Trinajstić information content (AvgIpc) is 2.47. The second-order valence-electron chi connectivity index (χ2n) is 4.21. The van der Waals surface area contributed by atoms with Crippen molar-refractivity contribution in [1.82, 2.24) is 0 Å². The maximum absolute atomic E-state index is 12.5. The van der Waals surface area contributed by atoms with Gasteiger partial charge in [0.15, 0.2) is 0 Å². The van der Waals surface area contributed by atoms with E-state index in [1.54, 1.807) is 49.6 Å². The maximum Gasteiger partial charge on any atom is 0.266 e. The number of nitrogens with two attached hydrogens (primary N) is 1. The van der Waals surface area contributed by atoms with Crippen LogP contribution in [0.15, 0.2) is 53.4 Å². The summed E-state index contributed by atoms with van der Waals surface area (Å²) in [6, 6.07) is 13.2. The quantitative estimate of drug-likeness (QED) is 0.876. The molecule has 0 aliphatic heterocycles. The van der Waals surface area contributed by atoms with Crippen molar-refractivity contribution in [2.24, 2.45) is 0 Å². The fourth-order valence-electron chi connectivity index (χ4n) is 1.79. The zero-order chi connectivity index (χ0) is 14.8. The van der Waals surface area contributed by atoms with Crippen molar-refractivity contribution in [1.29, 1.82) is 0 Å². The van der Waals surface area contributed by atoms with Gasteiger partial charge in [0.2, 0.25) is 0 Å². The number of ether oxygens (including phenoxy) is 1. The van der Waals surface area contributed by atoms with Gasteiger partial charge in [0.25, 0.3) is 10.0 Å². The number of benzene rings is 2. The molecule has 0 radical (unpaired) electrons. The first-order chi connectivity index (χ1) is 9.46. The molecular weight excluding hydrogens is 276 g/mol. The molecule has 20 heavy (non-hydrogen) atoms. The Morgan fingerprint density at radius 1 is 1.05 bits per heavy atom. The number of anilines is 2. The van der Waals surface area contributed by atoms with Crippen LogP contribution in [0.5, 0.6) is 5.75 Å². The van der Waals surface area contributed by atoms with E-state index in [0.717, 1.165) is 0 Å². The van der Waals surface area contributed by atoms with Crippen molar-refractivity contribution in [3.8, 4) is 5.75 Å². The Labute approximate surface area is 118 Å². The molecule has 2 rings (SSSR count). The number of nitrogens with zero attached hydrogens (tertiary/aromatic N) is 1. The molecule has 106 valence electrons. The minimum atomic E-state index is -3.67. The van der Waals surface area contributed by atoms with Crippen LogP contribution in [0.3, 0.4) is 0 Å². The molecule has 0 aliphatic rings. The molecule has 0 spiro atoms. The lowest BCUT2D eigenvalue weighted by Crippen LogP contribution is -2.27. The molecule has 5 nitrogen and oxygen atoms in total. The highest BCUT2D eigenvalue weighted by atomic mass is 32.2. The van der Waals surface area contributed by atoms with E-state index in [9.17, 15) is 8.42 Å². The highest BCUT2D eigenvalue weighted by Gasteiger charge is 2.23. The van der Waals surface area contributed by atoms with Gasteiger partial charge in [0, 0.05) is 7.05 Å². The van der Waals surface area contributed by atoms with Crippen molar-refractivity contribution >= 4 is 21.4 Å². The van der Waals surface area contributed by atoms with Crippen LogP contribution in [-0.2, 0) is 10.0 Å². The Morgan fingerprint density at radius 2 is 1.65 bits per heavy atom. The predicted octanol–water partition coefficient (Wildman–Crippen LogP) is 2.10. The summed E-state index contributed by atoms with van der Waals surface area (Å²) in [6.45, 7) is 0. The van der Waals surface area contributed by atoms with E-state index in [1.807, 2.05) is 0 Å². The van der Waals surface area contributed by atoms with Gasteiger partial charge in [-0.05, 0) is 36.4 Å². The van der Waals surface area contributed by atoms with Gasteiger partial charge in [0.1, 0.15) is 10.6 Å². The second kappa shape index (κ2) is 5.42. The Kier molecular flexibility index (Phi) is 3.85. The van der Waals surface area contributed by atoms with Crippen LogP contribution in [-0.4, -0.2) is 22.6 Å². The summed E-state index contributed by atoms with van der Waals surface area (Å²) >= 11 is 0. The van der Waals surface area contributed by atoms with Crippen LogP contribution in [0.4, 0.5) is 11.4 Å². The van der Waals surface area contributed by atoms with Crippen molar-refractivity contribution in [2.75, 3.05) is 24.2 Å². The van der Waals surface area contributed by atoms with E-state index in [-0.39, 0.29) is 10.6 Å². The summed E-state index contributed by atoms with van der Waals surface area (Å²) < 4.78 is 31.3. The van der Waals surface area contributed by atoms with E-state index < -0.39 is 10.0 Å². The van der Waals surface area contributed by atoms with Gasteiger partial charge in [-0.25, -0.2) is 8.42 Å². The first-order valence-electron chi connectivity index (χ1n) is 5.94. The number of hydrogen-bond donors (Lipinski definition) is 1. The van der Waals surface area contributed by atoms with Crippen LogP contribution in [0, 0.1) is 0 Å². The van der Waals surface area contributed by atoms with E-state index in [2.05, 4.69) is 0 Å². The lowest BCUT2D eigenvalue weighted by atomic mass is 10.3. The SMILES string of the molecule is COc1ccc(N(C)S(=O)(=O)c2ccccc2N)cc1. The van der Waals surface area contributed by atoms with Gasteiger partial charge < -0.3 is 10.5 Å². The smallest absolute Gasteiger partial charge is 0.266 e. The summed E-state index contributed by atoms with van der Waals surface area (Å²) in [4.78, 5) is 0.0957. The van der Waals surface area contributed by atoms with E-state index >= 15 is 0 Å². The molecule has 2 aromatic rings. The van der Waals surface area contributed by atoms with E-state index in [4.69, 9.17) is 10.5 Å². The standard InChI is InChI=1S/C14H16N2O3S/c1-16(11-7-9-12(19-2)10-8-11)20(17,18)14-6-4-3-5-13(14)15/h3-10H,15H2,1-2H3. The minimum absolute atomic E-state index is 0.0957. The van der Waals surface area contributed by atoms with Crippen molar-refractivity contribution < 1.29 is 13.2 Å². The zero-order valence-corrected chi connectivity index (χ0v) is 12.1. The second-order valence-corrected chi connectivity index (χ2v) is 6.15. The topological polar surface area (TPSA) is 72.6 Å². The first kappa shape index (κ1) is 14.2. The molecule has 0 aliphatic carbocycles. The lowest BCUT2D eigenvalue weighted by Gasteiger charge is -2.20. The molecule has 0 saturated heterocycles. The third kappa shape index (κ3) is 2.55. The van der Waals surface area contributed by atoms with Crippen LogP contribution in [0.25, 0.3) is 0 Å². The summed E-state index contributed by atoms with van der Waals surface area (Å²) in [6.07, 6.45) is 0. The lowest BCUT2D eigenvalue weighted by molar-refractivity contribution is 0.415. The van der Waals surface area contributed by atoms with Gasteiger partial charge in [-0.15, -0.1) is 0 Å². The van der Waals surface area contributed by atoms with Crippen LogP contribution in [0.2, 0.25) is 0 Å². The van der Waals surface area contributed by atoms with Gasteiger partial charge in [-0.2, -0.15) is 0 Å². The number of nitrogen functional groups attached to an aromatic ring is 1. The predicted molar refractivity (Wildman–Crippen MR) is 79.4 cm³/mol. The molecule has 0 atom stereocenters. The summed E-state index contributed by atoms with van der Waals surface area (Å²) in [7, 11) is -0.629. The number of hydrogen-bond acceptors (Lipinski definition) is 4. The maximum atomic E-state index is 12.5. The number of sulfonamides is 1. The van der Waals surface area contributed by atoms with Gasteiger partial charge in [-0.3, -0.25) is 4.31 Å². The largest absolute Gasteiger partial charge is 0.497 e. The molecule has 0 bridgehead atoms. The first-order valence-corrected chi connectivity index (χ1v) is 7.38. The number of para-hydroxylation sites is 1. The highest BCUT2D eigenvalue weighted by molar-refractivity contribution is 7.93. The van der Waals surface area contributed by atoms with Crippen LogP contribution < -0.4 is 14.8 Å². The third-order valence-electron chi connectivity index (χ3n) is 2.99. The fourth-order valence-corrected chi connectivity index (χ4v) is 3.10. The molecule has 2 aromatic carbocycles. The molecule has 0 amide bonds. The Morgan fingerprint density at radius 3 is 2.20 bits per heavy atom. The Bertz CT molecular complexity index is 697. The van der Waals surface area contributed by atoms with Crippen LogP contribution in [0.1, 0.15) is 0 Å². The monoisotopic (exact) mass is 292 g/mol. The Hall–Kier alpha value is -2.21. The van der Waals surface area contributed by atoms with E-state index in [1.165, 1.54) is 17.4 Å². The molecule has 0 aromatic heterocycles. The van der Waals surface area contributed by atoms with Gasteiger partial charge in [0.05, 0.1) is 18.5 Å². The summed E-state index contributed by atoms with van der Waals surface area (Å²) in [5.41, 5.74) is 6.51. The molecule has 0 heterocycles. The summed E-state index contributed by atoms with van der Waals surface area (Å²) in [5, 5.41) is 0. The van der Waals surface area contributed by atoms with E-state index in [0.29, 0.717) is 11.4 Å². The molecule has 0 fully saturated rings. The fraction of sp³-hybridized carbons (Fsp3) is 0.143. The minimum Gasteiger partial charge on any atom is -0.497 e. The molecule has 0 saturated carbocycles. The third-order valence-corrected chi connectivity index (χ3v) is 4.85. The average molecular weight is 292 g/mol. The molecular formula is C14H16N2O3S. The van der Waals surface area contributed by atoms with Gasteiger partial charge >= 0.3 is 0 Å². The number of rotatable bonds is 4. The van der Waals surface area contributed by atoms with Crippen molar-refractivity contribution in [3.63, 3.8) is 0 Å². The molecule has 2 N–H and O–H groups in total. The molecule has 6 heteroatoms. The number of methoxy groups -OCH3 is 1. The Balaban J connectivity index is 2.41. The van der Waals surface area contributed by atoms with Crippen molar-refractivity contribution in [3.05, 3.63) is 48.5 Å². The van der Waals surface area contributed by atoms with Crippen LogP contribution >= 0.6 is 0 Å². The normalized spacial score (nSPS) is 11.1. The highest BCUT2D eigenvalue weighted by Crippen LogP contribution is 2.26. The van der Waals surface area contributed by atoms with Gasteiger partial charge in [-0.1, -0.05) is 12.1 Å². The zero-order valence-electron chi connectivity index (χ0n) is 11.3. The molecule has 0 unspecified atom stereocenters. The van der Waals surface area contributed by atoms with Crippen molar-refractivity contribution in [2.45, 2.75) is 4.90 Å².